The van der Waals surface area contributed by atoms with Crippen molar-refractivity contribution < 1.29 is 0 Å². The van der Waals surface area contributed by atoms with E-state index in [1.807, 2.05) is 11.3 Å². The molecule has 3 heteroatoms. The monoisotopic (exact) mass is 859 g/mol. The van der Waals surface area contributed by atoms with Gasteiger partial charge in [0.1, 0.15) is 0 Å². The molecule has 0 saturated heterocycles. The Morgan fingerprint density at radius 1 is 0.338 bits per heavy atom. The van der Waals surface area contributed by atoms with Crippen LogP contribution in [0.25, 0.3) is 75.1 Å². The van der Waals surface area contributed by atoms with Crippen LogP contribution < -0.4 is 25.6 Å². The molecule has 0 atom stereocenters. The summed E-state index contributed by atoms with van der Waals surface area (Å²) < 4.78 is 2.68. The fourth-order valence-electron chi connectivity index (χ4n) is 10.9. The summed E-state index contributed by atoms with van der Waals surface area (Å²) in [5, 5.41) is 13.6. The number of thiophene rings is 1. The Balaban J connectivity index is 1.01. The van der Waals surface area contributed by atoms with E-state index in [0.29, 0.717) is 0 Å². The van der Waals surface area contributed by atoms with Gasteiger partial charge in [-0.1, -0.05) is 206 Å². The van der Waals surface area contributed by atoms with Gasteiger partial charge in [0.05, 0.1) is 5.69 Å². The predicted molar refractivity (Wildman–Crippen MR) is 283 cm³/mol. The molecule has 0 aliphatic carbocycles. The van der Waals surface area contributed by atoms with Crippen LogP contribution in [0.2, 0.25) is 0 Å². The largest absolute Gasteiger partial charge is 0.310 e. The van der Waals surface area contributed by atoms with Gasteiger partial charge in [-0.3, -0.25) is 0 Å². The lowest BCUT2D eigenvalue weighted by molar-refractivity contribution is 1.30. The highest BCUT2D eigenvalue weighted by atomic mass is 32.1. The van der Waals surface area contributed by atoms with Crippen molar-refractivity contribution in [1.82, 2.24) is 0 Å². The Hall–Kier alpha value is -7.82. The second-order valence-corrected chi connectivity index (χ2v) is 22.0. The highest BCUT2D eigenvalue weighted by Crippen LogP contribution is 2.45. The molecule has 1 aromatic heterocycles. The van der Waals surface area contributed by atoms with Crippen molar-refractivity contribution >= 4 is 98.9 Å². The van der Waals surface area contributed by atoms with E-state index in [9.17, 15) is 0 Å². The lowest BCUT2D eigenvalue weighted by atomic mass is 9.93. The molecule has 65 heavy (non-hydrogen) atoms. The minimum Gasteiger partial charge on any atom is -0.310 e. The standard InChI is InChI=1S/C62H41NSSi/c1-4-15-42(16-5-1)43-27-34-48(35-28-43)63(55-25-14-18-45-17-10-11-23-52(45)55)49-36-29-44(30-37-49)47-31-38-54-59(41-47)65(50-19-6-2-7-20-50,51-21-8-3-9-22-51)58-40-33-46-32-39-57-61(60(46)62(54)58)53-24-12-13-26-56(53)64-57/h1-41H. The van der Waals surface area contributed by atoms with Crippen LogP contribution in [0.5, 0.6) is 0 Å². The van der Waals surface area contributed by atoms with E-state index >= 15 is 0 Å². The zero-order valence-corrected chi connectivity index (χ0v) is 37.3. The van der Waals surface area contributed by atoms with Gasteiger partial charge in [-0.05, 0) is 113 Å². The van der Waals surface area contributed by atoms with E-state index in [1.54, 1.807) is 0 Å². The second-order valence-electron chi connectivity index (χ2n) is 17.2. The summed E-state index contributed by atoms with van der Waals surface area (Å²) in [6.45, 7) is 0. The van der Waals surface area contributed by atoms with E-state index in [-0.39, 0.29) is 0 Å². The summed E-state index contributed by atoms with van der Waals surface area (Å²) in [5.74, 6) is 0. The van der Waals surface area contributed by atoms with Crippen molar-refractivity contribution in [3.05, 3.63) is 249 Å². The number of benzene rings is 11. The van der Waals surface area contributed by atoms with E-state index in [4.69, 9.17) is 0 Å². The Labute approximate surface area is 383 Å². The second kappa shape index (κ2) is 15.2. The van der Waals surface area contributed by atoms with Crippen molar-refractivity contribution in [2.45, 2.75) is 0 Å². The number of fused-ring (bicyclic) bond motifs is 10. The van der Waals surface area contributed by atoms with Crippen LogP contribution in [0.3, 0.4) is 0 Å². The zero-order valence-electron chi connectivity index (χ0n) is 35.5. The molecule has 0 bridgehead atoms. The molecule has 0 spiro atoms. The predicted octanol–water partition coefficient (Wildman–Crippen LogP) is 14.5. The minimum atomic E-state index is -2.82. The third kappa shape index (κ3) is 5.90. The molecule has 0 amide bonds. The summed E-state index contributed by atoms with van der Waals surface area (Å²) in [7, 11) is -2.82. The average molecular weight is 860 g/mol. The van der Waals surface area contributed by atoms with Gasteiger partial charge in [-0.2, -0.15) is 0 Å². The molecule has 1 aliphatic rings. The van der Waals surface area contributed by atoms with Crippen LogP contribution in [0.1, 0.15) is 0 Å². The maximum atomic E-state index is 2.55. The third-order valence-corrected chi connectivity index (χ3v) is 19.7. The third-order valence-electron chi connectivity index (χ3n) is 13.7. The molecule has 13 rings (SSSR count). The fraction of sp³-hybridized carbons (Fsp3) is 0. The maximum Gasteiger partial charge on any atom is 0.180 e. The molecule has 0 saturated carbocycles. The Bertz CT molecular complexity index is 3700. The molecular weight excluding hydrogens is 819 g/mol. The number of nitrogens with zero attached hydrogens (tertiary/aromatic N) is 1. The Kier molecular flexibility index (Phi) is 8.80. The van der Waals surface area contributed by atoms with Gasteiger partial charge in [-0.15, -0.1) is 11.3 Å². The molecule has 1 nitrogen and oxygen atoms in total. The van der Waals surface area contributed by atoms with E-state index in [0.717, 1.165) is 17.1 Å². The van der Waals surface area contributed by atoms with Crippen molar-refractivity contribution in [3.63, 3.8) is 0 Å². The minimum absolute atomic E-state index is 1.11. The topological polar surface area (TPSA) is 3.24 Å². The van der Waals surface area contributed by atoms with Crippen LogP contribution >= 0.6 is 11.3 Å². The van der Waals surface area contributed by atoms with Gasteiger partial charge in [0, 0.05) is 36.9 Å². The van der Waals surface area contributed by atoms with Crippen molar-refractivity contribution in [2.24, 2.45) is 0 Å². The van der Waals surface area contributed by atoms with Crippen LogP contribution in [-0.4, -0.2) is 8.07 Å². The molecule has 0 unspecified atom stereocenters. The highest BCUT2D eigenvalue weighted by Gasteiger charge is 2.49. The maximum absolute atomic E-state index is 2.82. The quantitative estimate of drug-likeness (QED) is 0.144. The van der Waals surface area contributed by atoms with Gasteiger partial charge in [0.15, 0.2) is 8.07 Å². The lowest BCUT2D eigenvalue weighted by Crippen LogP contribution is -2.72. The first-order valence-corrected chi connectivity index (χ1v) is 25.2. The van der Waals surface area contributed by atoms with Gasteiger partial charge in [0.25, 0.3) is 0 Å². The summed E-state index contributed by atoms with van der Waals surface area (Å²) in [6.07, 6.45) is 0. The molecule has 11 aromatic carbocycles. The summed E-state index contributed by atoms with van der Waals surface area (Å²) in [6, 6.07) is 92.8. The van der Waals surface area contributed by atoms with Crippen molar-refractivity contribution in [3.8, 4) is 33.4 Å². The van der Waals surface area contributed by atoms with Crippen LogP contribution in [0.4, 0.5) is 17.1 Å². The Morgan fingerprint density at radius 2 is 0.892 bits per heavy atom. The van der Waals surface area contributed by atoms with Gasteiger partial charge >= 0.3 is 0 Å². The van der Waals surface area contributed by atoms with Crippen LogP contribution in [0, 0.1) is 0 Å². The summed E-state index contributed by atoms with van der Waals surface area (Å²) in [5.41, 5.74) is 11.0. The molecule has 0 N–H and O–H groups in total. The molecule has 304 valence electrons. The van der Waals surface area contributed by atoms with Gasteiger partial charge < -0.3 is 4.90 Å². The summed E-state index contributed by atoms with van der Waals surface area (Å²) in [4.78, 5) is 2.41. The summed E-state index contributed by atoms with van der Waals surface area (Å²) >= 11 is 1.90. The van der Waals surface area contributed by atoms with Crippen LogP contribution in [0.15, 0.2) is 249 Å². The van der Waals surface area contributed by atoms with Crippen molar-refractivity contribution in [1.29, 1.82) is 0 Å². The first kappa shape index (κ1) is 37.7. The van der Waals surface area contributed by atoms with Crippen LogP contribution in [-0.2, 0) is 0 Å². The molecular formula is C62H41NSSi. The van der Waals surface area contributed by atoms with E-state index in [2.05, 4.69) is 254 Å². The first-order chi connectivity index (χ1) is 32.2. The van der Waals surface area contributed by atoms with Gasteiger partial charge in [0.2, 0.25) is 0 Å². The van der Waals surface area contributed by atoms with E-state index < -0.39 is 8.07 Å². The fourth-order valence-corrected chi connectivity index (χ4v) is 17.2. The molecule has 0 radical (unpaired) electrons. The SMILES string of the molecule is c1ccc(-c2ccc(N(c3ccc(-c4ccc5c(c4)[Si](c4ccccc4)(c4ccccc4)c4ccc6ccc7sc8ccccc8c7c6c4-5)cc3)c3cccc4ccccc34)cc2)cc1. The molecule has 12 aromatic rings. The number of rotatable bonds is 7. The molecule has 0 fully saturated rings. The molecule has 1 aliphatic heterocycles. The smallest absolute Gasteiger partial charge is 0.180 e. The average Bonchev–Trinajstić information content (AvgIpc) is 3.92. The lowest BCUT2D eigenvalue weighted by Gasteiger charge is -2.31. The number of hydrogen-bond acceptors (Lipinski definition) is 2. The number of hydrogen-bond donors (Lipinski definition) is 0. The van der Waals surface area contributed by atoms with Crippen molar-refractivity contribution in [2.75, 3.05) is 4.90 Å². The number of anilines is 3. The molecule has 2 heterocycles. The normalized spacial score (nSPS) is 12.7. The van der Waals surface area contributed by atoms with E-state index in [1.165, 1.54) is 95.8 Å². The Morgan fingerprint density at radius 3 is 1.60 bits per heavy atom. The first-order valence-electron chi connectivity index (χ1n) is 22.4. The highest BCUT2D eigenvalue weighted by molar-refractivity contribution is 7.26. The zero-order chi connectivity index (χ0) is 42.9. The van der Waals surface area contributed by atoms with Gasteiger partial charge in [-0.25, -0.2) is 0 Å².